The Hall–Kier alpha value is -1.04. The molecule has 2 aliphatic heterocycles. The molecule has 0 amide bonds. The number of halogens is 2. The Morgan fingerprint density at radius 1 is 1.20 bits per heavy atom. The first-order chi connectivity index (χ1) is 9.74. The molecule has 0 saturated carbocycles. The van der Waals surface area contributed by atoms with E-state index in [9.17, 15) is 8.78 Å². The number of hydrogen-bond acceptors (Lipinski definition) is 3. The van der Waals surface area contributed by atoms with Crippen LogP contribution in [0, 0.1) is 17.6 Å². The summed E-state index contributed by atoms with van der Waals surface area (Å²) in [5, 5.41) is 0. The second-order valence-electron chi connectivity index (χ2n) is 5.46. The number of ether oxygens (including phenoxy) is 2. The van der Waals surface area contributed by atoms with Crippen LogP contribution in [0.2, 0.25) is 0 Å². The lowest BCUT2D eigenvalue weighted by molar-refractivity contribution is -0.101. The van der Waals surface area contributed by atoms with Crippen molar-refractivity contribution in [3.63, 3.8) is 0 Å². The van der Waals surface area contributed by atoms with Crippen molar-refractivity contribution in [1.82, 2.24) is 4.90 Å². The summed E-state index contributed by atoms with van der Waals surface area (Å²) in [5.41, 5.74) is 0.416. The second kappa shape index (κ2) is 6.16. The molecule has 1 atom stereocenters. The van der Waals surface area contributed by atoms with Crippen LogP contribution in [-0.4, -0.2) is 37.5 Å². The molecule has 0 radical (unpaired) electrons. The van der Waals surface area contributed by atoms with Gasteiger partial charge in [0.2, 0.25) is 0 Å². The van der Waals surface area contributed by atoms with Crippen LogP contribution in [0.15, 0.2) is 18.2 Å². The molecule has 0 spiro atoms. The van der Waals surface area contributed by atoms with Gasteiger partial charge in [0, 0.05) is 24.6 Å². The lowest BCUT2D eigenvalue weighted by atomic mass is 9.97. The summed E-state index contributed by atoms with van der Waals surface area (Å²) in [6.07, 6.45) is 1.97. The molecule has 0 unspecified atom stereocenters. The first-order valence-corrected chi connectivity index (χ1v) is 7.12. The third-order valence-electron chi connectivity index (χ3n) is 4.00. The van der Waals surface area contributed by atoms with Gasteiger partial charge in [-0.3, -0.25) is 4.90 Å². The van der Waals surface area contributed by atoms with Gasteiger partial charge in [-0.2, -0.15) is 0 Å². The molecule has 20 heavy (non-hydrogen) atoms. The molecule has 2 heterocycles. The Morgan fingerprint density at radius 2 is 2.00 bits per heavy atom. The van der Waals surface area contributed by atoms with Crippen molar-refractivity contribution in [2.24, 2.45) is 5.92 Å². The van der Waals surface area contributed by atoms with Crippen molar-refractivity contribution in [2.45, 2.75) is 25.7 Å². The monoisotopic (exact) mass is 283 g/mol. The van der Waals surface area contributed by atoms with Crippen molar-refractivity contribution in [1.29, 1.82) is 0 Å². The summed E-state index contributed by atoms with van der Waals surface area (Å²) in [5.74, 6) is -1.19. The van der Waals surface area contributed by atoms with Crippen molar-refractivity contribution < 1.29 is 18.3 Å². The summed E-state index contributed by atoms with van der Waals surface area (Å²) in [4.78, 5) is 2.15. The number of likely N-dealkylation sites (tertiary alicyclic amines) is 1. The van der Waals surface area contributed by atoms with Gasteiger partial charge in [-0.15, -0.1) is 0 Å². The van der Waals surface area contributed by atoms with Crippen LogP contribution in [0.1, 0.15) is 18.4 Å². The average Bonchev–Trinajstić information content (AvgIpc) is 2.98. The molecule has 3 nitrogen and oxygen atoms in total. The predicted octanol–water partition coefficient (Wildman–Crippen LogP) is 2.55. The van der Waals surface area contributed by atoms with E-state index in [1.165, 1.54) is 0 Å². The van der Waals surface area contributed by atoms with Gasteiger partial charge in [-0.1, -0.05) is 12.1 Å². The number of benzene rings is 1. The van der Waals surface area contributed by atoms with Crippen LogP contribution in [0.5, 0.6) is 0 Å². The molecule has 2 fully saturated rings. The largest absolute Gasteiger partial charge is 0.350 e. The van der Waals surface area contributed by atoms with Gasteiger partial charge in [0.25, 0.3) is 0 Å². The normalized spacial score (nSPS) is 25.2. The Labute approximate surface area is 117 Å². The lowest BCUT2D eigenvalue weighted by Gasteiger charge is -2.34. The van der Waals surface area contributed by atoms with Crippen molar-refractivity contribution in [2.75, 3.05) is 26.3 Å². The van der Waals surface area contributed by atoms with E-state index in [4.69, 9.17) is 9.47 Å². The fourth-order valence-electron chi connectivity index (χ4n) is 3.02. The first kappa shape index (κ1) is 13.9. The molecule has 0 bridgehead atoms. The van der Waals surface area contributed by atoms with Crippen molar-refractivity contribution in [3.05, 3.63) is 35.4 Å². The van der Waals surface area contributed by atoms with E-state index in [-0.39, 0.29) is 6.29 Å². The third kappa shape index (κ3) is 3.00. The standard InChI is InChI=1S/C15H19F2NO2/c16-13-5-1-3-11(14(13)17)9-18-6-2-4-12(10-18)15-19-7-8-20-15/h1,3,5,12,15H,2,4,6-10H2/t12-/m0/s1. The van der Waals surface area contributed by atoms with Gasteiger partial charge in [0.15, 0.2) is 17.9 Å². The van der Waals surface area contributed by atoms with E-state index >= 15 is 0 Å². The van der Waals surface area contributed by atoms with Crippen LogP contribution >= 0.6 is 0 Å². The number of piperidine rings is 1. The summed E-state index contributed by atoms with van der Waals surface area (Å²) in [7, 11) is 0. The maximum atomic E-state index is 13.7. The van der Waals surface area contributed by atoms with E-state index in [0.29, 0.717) is 31.2 Å². The number of hydrogen-bond donors (Lipinski definition) is 0. The van der Waals surface area contributed by atoms with E-state index in [1.807, 2.05) is 0 Å². The van der Waals surface area contributed by atoms with Crippen molar-refractivity contribution in [3.8, 4) is 0 Å². The molecule has 2 saturated heterocycles. The van der Waals surface area contributed by atoms with Crippen molar-refractivity contribution >= 4 is 0 Å². The highest BCUT2D eigenvalue weighted by Gasteiger charge is 2.31. The van der Waals surface area contributed by atoms with Gasteiger partial charge >= 0.3 is 0 Å². The van der Waals surface area contributed by atoms with Crippen LogP contribution in [0.25, 0.3) is 0 Å². The summed E-state index contributed by atoms with van der Waals surface area (Å²) >= 11 is 0. The molecule has 0 aliphatic carbocycles. The van der Waals surface area contributed by atoms with E-state index in [2.05, 4.69) is 4.90 Å². The molecule has 3 rings (SSSR count). The zero-order valence-corrected chi connectivity index (χ0v) is 11.4. The summed E-state index contributed by atoms with van der Waals surface area (Å²) in [6, 6.07) is 4.35. The third-order valence-corrected chi connectivity index (χ3v) is 4.00. The van der Waals surface area contributed by atoms with Gasteiger partial charge in [-0.25, -0.2) is 8.78 Å². The Bertz CT molecular complexity index is 463. The van der Waals surface area contributed by atoms with Gasteiger partial charge in [0.05, 0.1) is 13.2 Å². The molecular weight excluding hydrogens is 264 g/mol. The zero-order chi connectivity index (χ0) is 13.9. The molecule has 5 heteroatoms. The quantitative estimate of drug-likeness (QED) is 0.851. The highest BCUT2D eigenvalue weighted by molar-refractivity contribution is 5.18. The predicted molar refractivity (Wildman–Crippen MR) is 70.1 cm³/mol. The molecule has 2 aliphatic rings. The van der Waals surface area contributed by atoms with Crippen LogP contribution in [0.3, 0.4) is 0 Å². The Kier molecular flexibility index (Phi) is 4.29. The molecule has 1 aromatic carbocycles. The SMILES string of the molecule is Fc1cccc(CN2CCC[C@H](C3OCCO3)C2)c1F. The maximum Gasteiger partial charge on any atom is 0.163 e. The fraction of sp³-hybridized carbons (Fsp3) is 0.600. The van der Waals surface area contributed by atoms with E-state index in [0.717, 1.165) is 32.0 Å². The lowest BCUT2D eigenvalue weighted by Crippen LogP contribution is -2.40. The van der Waals surface area contributed by atoms with Gasteiger partial charge in [0.1, 0.15) is 0 Å². The first-order valence-electron chi connectivity index (χ1n) is 7.12. The Balaban J connectivity index is 1.63. The average molecular weight is 283 g/mol. The minimum Gasteiger partial charge on any atom is -0.350 e. The molecule has 0 aromatic heterocycles. The van der Waals surface area contributed by atoms with Crippen LogP contribution in [-0.2, 0) is 16.0 Å². The molecule has 1 aromatic rings. The van der Waals surface area contributed by atoms with E-state index in [1.54, 1.807) is 12.1 Å². The topological polar surface area (TPSA) is 21.7 Å². The fourth-order valence-corrected chi connectivity index (χ4v) is 3.02. The van der Waals surface area contributed by atoms with Crippen LogP contribution in [0.4, 0.5) is 8.78 Å². The maximum absolute atomic E-state index is 13.7. The Morgan fingerprint density at radius 3 is 2.80 bits per heavy atom. The highest BCUT2D eigenvalue weighted by Crippen LogP contribution is 2.26. The number of rotatable bonds is 3. The van der Waals surface area contributed by atoms with Gasteiger partial charge < -0.3 is 9.47 Å². The van der Waals surface area contributed by atoms with Crippen LogP contribution < -0.4 is 0 Å². The van der Waals surface area contributed by atoms with Gasteiger partial charge in [-0.05, 0) is 25.5 Å². The smallest absolute Gasteiger partial charge is 0.163 e. The summed E-state index contributed by atoms with van der Waals surface area (Å²) in [6.45, 7) is 3.45. The van der Waals surface area contributed by atoms with E-state index < -0.39 is 11.6 Å². The molecule has 110 valence electrons. The summed E-state index contributed by atoms with van der Waals surface area (Å²) < 4.78 is 38.0. The minimum atomic E-state index is -0.779. The second-order valence-corrected chi connectivity index (χ2v) is 5.46. The molecular formula is C15H19F2NO2. The molecule has 0 N–H and O–H groups in total. The minimum absolute atomic E-state index is 0.129. The number of nitrogens with zero attached hydrogens (tertiary/aromatic N) is 1. The zero-order valence-electron chi connectivity index (χ0n) is 11.4. The highest BCUT2D eigenvalue weighted by atomic mass is 19.2.